The average molecular weight is 414 g/mol. The number of amides is 1. The fourth-order valence-electron chi connectivity index (χ4n) is 3.93. The number of carbonyl (C=O) groups excluding carboxylic acids is 3. The molecule has 2 heterocycles. The summed E-state index contributed by atoms with van der Waals surface area (Å²) >= 11 is 0. The highest BCUT2D eigenvalue weighted by molar-refractivity contribution is 6.17. The summed E-state index contributed by atoms with van der Waals surface area (Å²) in [5, 5.41) is 2.79. The fraction of sp³-hybridized carbons (Fsp3) is 0.409. The lowest BCUT2D eigenvalue weighted by atomic mass is 9.67. The van der Waals surface area contributed by atoms with Gasteiger partial charge in [-0.1, -0.05) is 31.5 Å². The van der Waals surface area contributed by atoms with E-state index in [1.165, 1.54) is 0 Å². The molecule has 0 aliphatic carbocycles. The van der Waals surface area contributed by atoms with Crippen molar-refractivity contribution < 1.29 is 28.6 Å². The van der Waals surface area contributed by atoms with Gasteiger partial charge >= 0.3 is 11.9 Å². The van der Waals surface area contributed by atoms with Crippen molar-refractivity contribution in [2.45, 2.75) is 52.1 Å². The molecule has 1 aromatic carbocycles. The molecule has 3 N–H and O–H groups in total. The van der Waals surface area contributed by atoms with E-state index in [1.54, 1.807) is 45.0 Å². The van der Waals surface area contributed by atoms with Gasteiger partial charge in [0, 0.05) is 11.3 Å². The normalized spacial score (nSPS) is 20.2. The van der Waals surface area contributed by atoms with Crippen LogP contribution in [-0.4, -0.2) is 30.6 Å². The Balaban J connectivity index is 2.38. The topological polar surface area (TPSA) is 117 Å². The number of ether oxygens (including phenoxy) is 3. The summed E-state index contributed by atoms with van der Waals surface area (Å²) in [5.41, 5.74) is 4.89. The van der Waals surface area contributed by atoms with Gasteiger partial charge in [-0.2, -0.15) is 0 Å². The van der Waals surface area contributed by atoms with Crippen molar-refractivity contribution in [2.24, 2.45) is 5.73 Å². The van der Waals surface area contributed by atoms with E-state index in [4.69, 9.17) is 19.9 Å². The largest absolute Gasteiger partial charge is 0.463 e. The summed E-state index contributed by atoms with van der Waals surface area (Å²) in [6, 6.07) is 6.68. The lowest BCUT2D eigenvalue weighted by Gasteiger charge is -2.36. The fourth-order valence-corrected chi connectivity index (χ4v) is 3.93. The van der Waals surface area contributed by atoms with Crippen molar-refractivity contribution in [3.05, 3.63) is 52.6 Å². The number of esters is 2. The second-order valence-electron chi connectivity index (χ2n) is 7.32. The Morgan fingerprint density at radius 1 is 1.17 bits per heavy atom. The summed E-state index contributed by atoms with van der Waals surface area (Å²) in [7, 11) is 0. The van der Waals surface area contributed by atoms with Crippen molar-refractivity contribution in [1.29, 1.82) is 0 Å². The third-order valence-electron chi connectivity index (χ3n) is 4.94. The van der Waals surface area contributed by atoms with Gasteiger partial charge in [0.1, 0.15) is 16.7 Å². The molecule has 0 saturated heterocycles. The lowest BCUT2D eigenvalue weighted by Crippen LogP contribution is -2.49. The van der Waals surface area contributed by atoms with Gasteiger partial charge in [-0.15, -0.1) is 0 Å². The maximum Gasteiger partial charge on any atom is 0.341 e. The molecular formula is C22H26N2O6. The van der Waals surface area contributed by atoms with Crippen LogP contribution in [0.25, 0.3) is 0 Å². The van der Waals surface area contributed by atoms with Gasteiger partial charge in [-0.3, -0.25) is 4.79 Å². The number of hydrogen-bond donors (Lipinski definition) is 2. The molecule has 8 nitrogen and oxygen atoms in total. The second kappa shape index (κ2) is 8.22. The molecule has 0 fully saturated rings. The molecule has 0 unspecified atom stereocenters. The number of fused-ring (bicyclic) bond motifs is 2. The minimum absolute atomic E-state index is 0.0469. The van der Waals surface area contributed by atoms with E-state index in [0.717, 1.165) is 0 Å². The van der Waals surface area contributed by atoms with E-state index in [-0.39, 0.29) is 29.4 Å². The van der Waals surface area contributed by atoms with Crippen molar-refractivity contribution in [3.8, 4) is 5.75 Å². The number of allylic oxidation sites excluding steroid dienone is 1. The van der Waals surface area contributed by atoms with Crippen LogP contribution in [0.4, 0.5) is 0 Å². The first-order valence-electron chi connectivity index (χ1n) is 9.99. The molecule has 1 aromatic rings. The molecule has 3 rings (SSSR count). The molecule has 1 atom stereocenters. The number of hydrogen-bond acceptors (Lipinski definition) is 7. The summed E-state index contributed by atoms with van der Waals surface area (Å²) in [5.74, 6) is -2.09. The van der Waals surface area contributed by atoms with Gasteiger partial charge in [0.25, 0.3) is 0 Å². The van der Waals surface area contributed by atoms with Gasteiger partial charge in [-0.05, 0) is 33.3 Å². The zero-order valence-corrected chi connectivity index (χ0v) is 17.5. The monoisotopic (exact) mass is 414 g/mol. The van der Waals surface area contributed by atoms with Crippen LogP contribution in [0.2, 0.25) is 0 Å². The number of benzene rings is 1. The molecule has 0 aromatic heterocycles. The molecule has 2 aliphatic rings. The van der Waals surface area contributed by atoms with Crippen LogP contribution in [0.1, 0.15) is 46.1 Å². The molecule has 0 bridgehead atoms. The van der Waals surface area contributed by atoms with Gasteiger partial charge in [0.15, 0.2) is 0 Å². The summed E-state index contributed by atoms with van der Waals surface area (Å²) in [6.45, 7) is 7.06. The Bertz CT molecular complexity index is 962. The van der Waals surface area contributed by atoms with E-state index in [0.29, 0.717) is 24.1 Å². The first-order chi connectivity index (χ1) is 14.3. The highest BCUT2D eigenvalue weighted by Gasteiger charge is 2.62. The maximum atomic E-state index is 13.6. The van der Waals surface area contributed by atoms with E-state index in [2.05, 4.69) is 5.32 Å². The van der Waals surface area contributed by atoms with Crippen LogP contribution < -0.4 is 15.8 Å². The van der Waals surface area contributed by atoms with Gasteiger partial charge < -0.3 is 25.3 Å². The summed E-state index contributed by atoms with van der Waals surface area (Å²) in [6.07, 6.45) is 0.607. The SMILES string of the molecule is CCCC1=C(C(=O)OCC)[C@]2(C(=O)N1)C(C(=O)OC(C)C)=C(N)Oc1ccccc12. The Hall–Kier alpha value is -3.29. The van der Waals surface area contributed by atoms with Gasteiger partial charge in [0.05, 0.1) is 18.3 Å². The van der Waals surface area contributed by atoms with Crippen LogP contribution in [0.3, 0.4) is 0 Å². The van der Waals surface area contributed by atoms with Gasteiger partial charge in [-0.25, -0.2) is 9.59 Å². The second-order valence-corrected chi connectivity index (χ2v) is 7.32. The molecule has 2 aliphatic heterocycles. The maximum absolute atomic E-state index is 13.6. The van der Waals surface area contributed by atoms with Crippen molar-refractivity contribution in [2.75, 3.05) is 6.61 Å². The van der Waals surface area contributed by atoms with Crippen LogP contribution >= 0.6 is 0 Å². The van der Waals surface area contributed by atoms with Crippen LogP contribution in [-0.2, 0) is 29.3 Å². The first kappa shape index (κ1) is 21.4. The highest BCUT2D eigenvalue weighted by atomic mass is 16.5. The number of nitrogens with two attached hydrogens (primary N) is 1. The quantitative estimate of drug-likeness (QED) is 0.685. The molecular weight excluding hydrogens is 388 g/mol. The van der Waals surface area contributed by atoms with E-state index >= 15 is 0 Å². The molecule has 1 amide bonds. The standard InChI is InChI=1S/C22H26N2O6/c1-5-9-14-16(19(25)28-6-2)22(21(27)24-14)13-10-7-8-11-15(13)30-18(23)17(22)20(26)29-12(3)4/h7-8,10-12H,5-6,9,23H2,1-4H3,(H,24,27)/t22-/m0/s1. The third-order valence-corrected chi connectivity index (χ3v) is 4.94. The Morgan fingerprint density at radius 2 is 1.87 bits per heavy atom. The number of para-hydroxylation sites is 1. The van der Waals surface area contributed by atoms with Gasteiger partial charge in [0.2, 0.25) is 11.8 Å². The minimum atomic E-state index is -1.82. The summed E-state index contributed by atoms with van der Waals surface area (Å²) in [4.78, 5) is 39.8. The van der Waals surface area contributed by atoms with Crippen LogP contribution in [0.5, 0.6) is 5.75 Å². The molecule has 160 valence electrons. The van der Waals surface area contributed by atoms with Crippen molar-refractivity contribution >= 4 is 17.8 Å². The van der Waals surface area contributed by atoms with Crippen molar-refractivity contribution in [1.82, 2.24) is 5.32 Å². The van der Waals surface area contributed by atoms with E-state index in [9.17, 15) is 14.4 Å². The van der Waals surface area contributed by atoms with Crippen LogP contribution in [0, 0.1) is 0 Å². The van der Waals surface area contributed by atoms with Crippen LogP contribution in [0.15, 0.2) is 47.0 Å². The molecule has 30 heavy (non-hydrogen) atoms. The predicted molar refractivity (Wildman–Crippen MR) is 108 cm³/mol. The molecule has 8 heteroatoms. The highest BCUT2D eigenvalue weighted by Crippen LogP contribution is 2.52. The molecule has 0 saturated carbocycles. The first-order valence-corrected chi connectivity index (χ1v) is 9.99. The summed E-state index contributed by atoms with van der Waals surface area (Å²) < 4.78 is 16.3. The van der Waals surface area contributed by atoms with E-state index < -0.39 is 29.4 Å². The zero-order chi connectivity index (χ0) is 22.1. The molecule has 0 radical (unpaired) electrons. The lowest BCUT2D eigenvalue weighted by molar-refractivity contribution is -0.145. The van der Waals surface area contributed by atoms with Crippen molar-refractivity contribution in [3.63, 3.8) is 0 Å². The Morgan fingerprint density at radius 3 is 2.50 bits per heavy atom. The average Bonchev–Trinajstić information content (AvgIpc) is 2.94. The molecule has 1 spiro atoms. The predicted octanol–water partition coefficient (Wildman–Crippen LogP) is 2.19. The van der Waals surface area contributed by atoms with E-state index in [1.807, 2.05) is 6.92 Å². The number of nitrogens with one attached hydrogen (secondary N) is 1. The smallest absolute Gasteiger partial charge is 0.341 e. The Kier molecular flexibility index (Phi) is 5.87. The minimum Gasteiger partial charge on any atom is -0.463 e. The third kappa shape index (κ3) is 3.22. The number of carbonyl (C=O) groups is 3. The zero-order valence-electron chi connectivity index (χ0n) is 17.5. The Labute approximate surface area is 175 Å². The number of rotatable bonds is 6.